The predicted molar refractivity (Wildman–Crippen MR) is 64.3 cm³/mol. The lowest BCUT2D eigenvalue weighted by Gasteiger charge is -2.20. The van der Waals surface area contributed by atoms with E-state index in [1.807, 2.05) is 5.38 Å². The molecular weight excluding hydrogens is 220 g/mol. The van der Waals surface area contributed by atoms with E-state index in [9.17, 15) is 4.79 Å². The lowest BCUT2D eigenvalue weighted by molar-refractivity contribution is -0.117. The van der Waals surface area contributed by atoms with Crippen LogP contribution < -0.4 is 5.32 Å². The molecule has 2 bridgehead atoms. The third-order valence-corrected chi connectivity index (χ3v) is 4.70. The number of amides is 1. The second-order valence-corrected chi connectivity index (χ2v) is 5.92. The number of nitrogens with one attached hydrogen (secondary N) is 1. The number of aromatic nitrogens is 1. The largest absolute Gasteiger partial charge is 0.302 e. The fraction of sp³-hybridized carbons (Fsp3) is 0.667. The Kier molecular flexibility index (Phi) is 2.67. The Bertz CT molecular complexity index is 376. The first-order valence-electron chi connectivity index (χ1n) is 6.00. The van der Waals surface area contributed by atoms with Crippen molar-refractivity contribution in [3.8, 4) is 0 Å². The van der Waals surface area contributed by atoms with Crippen molar-refractivity contribution in [2.45, 2.75) is 32.1 Å². The molecule has 0 aliphatic heterocycles. The first kappa shape index (κ1) is 10.3. The van der Waals surface area contributed by atoms with Crippen molar-refractivity contribution in [3.63, 3.8) is 0 Å². The molecule has 2 aliphatic carbocycles. The zero-order valence-electron chi connectivity index (χ0n) is 9.19. The quantitative estimate of drug-likeness (QED) is 0.876. The average Bonchev–Trinajstić information content (AvgIpc) is 2.92. The number of fused-ring (bicyclic) bond motifs is 2. The van der Waals surface area contributed by atoms with Crippen LogP contribution in [0.5, 0.6) is 0 Å². The van der Waals surface area contributed by atoms with Crippen LogP contribution in [0.3, 0.4) is 0 Å². The summed E-state index contributed by atoms with van der Waals surface area (Å²) in [7, 11) is 0. The van der Waals surface area contributed by atoms with Crippen LogP contribution in [0.15, 0.2) is 11.6 Å². The van der Waals surface area contributed by atoms with Crippen LogP contribution in [0.1, 0.15) is 32.1 Å². The maximum atomic E-state index is 11.8. The van der Waals surface area contributed by atoms with Crippen LogP contribution in [0, 0.1) is 17.8 Å². The maximum absolute atomic E-state index is 11.8. The van der Waals surface area contributed by atoms with Crippen LogP contribution in [-0.2, 0) is 4.79 Å². The van der Waals surface area contributed by atoms with E-state index in [1.54, 1.807) is 6.20 Å². The third-order valence-electron chi connectivity index (χ3n) is 4.01. The molecule has 3 nitrogen and oxygen atoms in total. The number of thiazole rings is 1. The minimum absolute atomic E-state index is 0.146. The van der Waals surface area contributed by atoms with Gasteiger partial charge in [-0.1, -0.05) is 6.42 Å². The molecule has 2 saturated carbocycles. The van der Waals surface area contributed by atoms with E-state index in [0.29, 0.717) is 12.3 Å². The Balaban J connectivity index is 1.53. The lowest BCUT2D eigenvalue weighted by atomic mass is 9.86. The van der Waals surface area contributed by atoms with Gasteiger partial charge in [0.25, 0.3) is 0 Å². The molecule has 3 atom stereocenters. The molecule has 0 saturated heterocycles. The zero-order valence-corrected chi connectivity index (χ0v) is 10.0. The zero-order chi connectivity index (χ0) is 11.0. The summed E-state index contributed by atoms with van der Waals surface area (Å²) in [5.74, 6) is 2.53. The van der Waals surface area contributed by atoms with E-state index in [4.69, 9.17) is 0 Å². The molecule has 0 unspecified atom stereocenters. The molecule has 16 heavy (non-hydrogen) atoms. The molecule has 0 spiro atoms. The highest BCUT2D eigenvalue weighted by molar-refractivity contribution is 7.13. The molecule has 86 valence electrons. The molecule has 1 amide bonds. The molecule has 1 N–H and O–H groups in total. The first-order valence-corrected chi connectivity index (χ1v) is 6.88. The van der Waals surface area contributed by atoms with Crippen molar-refractivity contribution < 1.29 is 4.79 Å². The fourth-order valence-corrected chi connectivity index (χ4v) is 3.87. The second kappa shape index (κ2) is 4.17. The van der Waals surface area contributed by atoms with Gasteiger partial charge in [-0.05, 0) is 37.0 Å². The predicted octanol–water partition coefficient (Wildman–Crippen LogP) is 2.91. The van der Waals surface area contributed by atoms with Crippen LogP contribution in [0.4, 0.5) is 5.13 Å². The summed E-state index contributed by atoms with van der Waals surface area (Å²) in [6.45, 7) is 0. The number of carbonyl (C=O) groups excluding carboxylic acids is 1. The van der Waals surface area contributed by atoms with E-state index < -0.39 is 0 Å². The number of anilines is 1. The monoisotopic (exact) mass is 236 g/mol. The molecule has 1 aromatic heterocycles. The van der Waals surface area contributed by atoms with Gasteiger partial charge >= 0.3 is 0 Å². The van der Waals surface area contributed by atoms with Gasteiger partial charge in [0.05, 0.1) is 0 Å². The van der Waals surface area contributed by atoms with Crippen molar-refractivity contribution in [3.05, 3.63) is 11.6 Å². The summed E-state index contributed by atoms with van der Waals surface area (Å²) < 4.78 is 0. The van der Waals surface area contributed by atoms with Gasteiger partial charge in [0.1, 0.15) is 0 Å². The molecule has 1 heterocycles. The van der Waals surface area contributed by atoms with Crippen LogP contribution >= 0.6 is 11.3 Å². The van der Waals surface area contributed by atoms with E-state index in [1.165, 1.54) is 37.0 Å². The van der Waals surface area contributed by atoms with Crippen molar-refractivity contribution >= 4 is 22.4 Å². The van der Waals surface area contributed by atoms with E-state index in [0.717, 1.165) is 17.0 Å². The topological polar surface area (TPSA) is 42.0 Å². The number of carbonyl (C=O) groups is 1. The lowest BCUT2D eigenvalue weighted by Crippen LogP contribution is -2.20. The van der Waals surface area contributed by atoms with Crippen LogP contribution in [0.2, 0.25) is 0 Å². The van der Waals surface area contributed by atoms with Crippen molar-refractivity contribution in [1.82, 2.24) is 4.98 Å². The van der Waals surface area contributed by atoms with Gasteiger partial charge in [-0.15, -0.1) is 11.3 Å². The van der Waals surface area contributed by atoms with Gasteiger partial charge in [0, 0.05) is 18.0 Å². The Morgan fingerprint density at radius 2 is 2.44 bits per heavy atom. The SMILES string of the molecule is O=C(C[C@H]1C[C@@H]2CC[C@@H]1C2)Nc1nccs1. The summed E-state index contributed by atoms with van der Waals surface area (Å²) in [6, 6.07) is 0. The smallest absolute Gasteiger partial charge is 0.226 e. The Morgan fingerprint density at radius 3 is 3.06 bits per heavy atom. The molecule has 1 aromatic rings. The molecule has 2 aliphatic rings. The van der Waals surface area contributed by atoms with Gasteiger partial charge in [-0.25, -0.2) is 4.98 Å². The van der Waals surface area contributed by atoms with E-state index in [2.05, 4.69) is 10.3 Å². The summed E-state index contributed by atoms with van der Waals surface area (Å²) in [6.07, 6.45) is 7.80. The maximum Gasteiger partial charge on any atom is 0.226 e. The van der Waals surface area contributed by atoms with Gasteiger partial charge in [-0.2, -0.15) is 0 Å². The van der Waals surface area contributed by atoms with E-state index >= 15 is 0 Å². The molecule has 3 rings (SSSR count). The fourth-order valence-electron chi connectivity index (χ4n) is 3.32. The average molecular weight is 236 g/mol. The second-order valence-electron chi connectivity index (χ2n) is 5.02. The standard InChI is InChI=1S/C12H16N2OS/c15-11(14-12-13-3-4-16-12)7-10-6-8-1-2-9(10)5-8/h3-4,8-10H,1-2,5-7H2,(H,13,14,15)/t8-,9-,10-/m1/s1. The highest BCUT2D eigenvalue weighted by Gasteiger charge is 2.40. The van der Waals surface area contributed by atoms with E-state index in [-0.39, 0.29) is 5.91 Å². The molecule has 2 fully saturated rings. The van der Waals surface area contributed by atoms with Gasteiger partial charge in [-0.3, -0.25) is 4.79 Å². The van der Waals surface area contributed by atoms with Crippen molar-refractivity contribution in [2.75, 3.05) is 5.32 Å². The van der Waals surface area contributed by atoms with Gasteiger partial charge < -0.3 is 5.32 Å². The number of hydrogen-bond donors (Lipinski definition) is 1. The number of hydrogen-bond acceptors (Lipinski definition) is 3. The minimum Gasteiger partial charge on any atom is -0.302 e. The van der Waals surface area contributed by atoms with Gasteiger partial charge in [0.15, 0.2) is 5.13 Å². The summed E-state index contributed by atoms with van der Waals surface area (Å²) >= 11 is 1.48. The highest BCUT2D eigenvalue weighted by Crippen LogP contribution is 2.49. The Labute approximate surface area is 99.3 Å². The van der Waals surface area contributed by atoms with Crippen LogP contribution in [0.25, 0.3) is 0 Å². The van der Waals surface area contributed by atoms with Crippen molar-refractivity contribution in [1.29, 1.82) is 0 Å². The Hall–Kier alpha value is -0.900. The summed E-state index contributed by atoms with van der Waals surface area (Å²) in [4.78, 5) is 15.9. The molecule has 0 radical (unpaired) electrons. The van der Waals surface area contributed by atoms with Crippen LogP contribution in [-0.4, -0.2) is 10.9 Å². The number of nitrogens with zero attached hydrogens (tertiary/aromatic N) is 1. The van der Waals surface area contributed by atoms with Crippen molar-refractivity contribution in [2.24, 2.45) is 17.8 Å². The summed E-state index contributed by atoms with van der Waals surface area (Å²) in [5.41, 5.74) is 0. The molecule has 4 heteroatoms. The normalized spacial score (nSPS) is 31.9. The van der Waals surface area contributed by atoms with Gasteiger partial charge in [0.2, 0.25) is 5.91 Å². The molecular formula is C12H16N2OS. The third kappa shape index (κ3) is 1.98. The minimum atomic E-state index is 0.146. The summed E-state index contributed by atoms with van der Waals surface area (Å²) in [5, 5.41) is 5.49. The number of rotatable bonds is 3. The first-order chi connectivity index (χ1) is 7.81. The Morgan fingerprint density at radius 1 is 1.50 bits per heavy atom. The molecule has 0 aromatic carbocycles. The highest BCUT2D eigenvalue weighted by atomic mass is 32.1.